The number of carbonyl (C=O) groups excluding carboxylic acids is 1. The van der Waals surface area contributed by atoms with Gasteiger partial charge in [0.1, 0.15) is 11.6 Å². The van der Waals surface area contributed by atoms with Crippen molar-refractivity contribution in [1.29, 1.82) is 0 Å². The van der Waals surface area contributed by atoms with E-state index in [4.69, 9.17) is 9.72 Å². The Kier molecular flexibility index (Phi) is 6.07. The molecule has 1 atom stereocenters. The van der Waals surface area contributed by atoms with Crippen LogP contribution in [0.25, 0.3) is 16.6 Å². The summed E-state index contributed by atoms with van der Waals surface area (Å²) in [5.74, 6) is 1.57. The van der Waals surface area contributed by atoms with Gasteiger partial charge in [-0.25, -0.2) is 4.98 Å². The van der Waals surface area contributed by atoms with Gasteiger partial charge in [-0.1, -0.05) is 18.6 Å². The molecule has 1 saturated carbocycles. The molecule has 0 aliphatic heterocycles. The lowest BCUT2D eigenvalue weighted by Crippen LogP contribution is -2.42. The highest BCUT2D eigenvalue weighted by molar-refractivity contribution is 5.80. The van der Waals surface area contributed by atoms with Gasteiger partial charge < -0.3 is 9.64 Å². The molecule has 6 nitrogen and oxygen atoms in total. The Hall–Kier alpha value is -3.15. The zero-order valence-electron chi connectivity index (χ0n) is 18.4. The molecule has 1 aliphatic rings. The fourth-order valence-corrected chi connectivity index (χ4v) is 4.19. The molecule has 1 heterocycles. The van der Waals surface area contributed by atoms with Crippen molar-refractivity contribution in [3.8, 4) is 11.4 Å². The number of benzene rings is 2. The van der Waals surface area contributed by atoms with Crippen LogP contribution in [0.2, 0.25) is 0 Å². The number of para-hydroxylation sites is 1. The molecule has 0 spiro atoms. The molecule has 1 aliphatic carbocycles. The maximum Gasteiger partial charge on any atom is 0.266 e. The minimum absolute atomic E-state index is 0.0912. The van der Waals surface area contributed by atoms with Crippen molar-refractivity contribution in [2.75, 3.05) is 13.2 Å². The van der Waals surface area contributed by atoms with E-state index in [0.29, 0.717) is 35.6 Å². The summed E-state index contributed by atoms with van der Waals surface area (Å²) < 4.78 is 7.19. The smallest absolute Gasteiger partial charge is 0.266 e. The molecule has 0 saturated heterocycles. The van der Waals surface area contributed by atoms with Gasteiger partial charge in [-0.2, -0.15) is 0 Å². The molecule has 1 unspecified atom stereocenters. The summed E-state index contributed by atoms with van der Waals surface area (Å²) in [5.41, 5.74) is 1.22. The normalized spacial score (nSPS) is 14.8. The van der Waals surface area contributed by atoms with Crippen LogP contribution in [0.4, 0.5) is 0 Å². The van der Waals surface area contributed by atoms with Gasteiger partial charge in [0.15, 0.2) is 0 Å². The molecule has 0 N–H and O–H groups in total. The lowest BCUT2D eigenvalue weighted by Gasteiger charge is -2.35. The third kappa shape index (κ3) is 3.94. The third-order valence-corrected chi connectivity index (χ3v) is 6.13. The van der Waals surface area contributed by atoms with Crippen LogP contribution < -0.4 is 10.3 Å². The first-order valence-corrected chi connectivity index (χ1v) is 11.1. The van der Waals surface area contributed by atoms with Crippen molar-refractivity contribution in [2.45, 2.75) is 46.1 Å². The minimum Gasteiger partial charge on any atom is -0.494 e. The van der Waals surface area contributed by atoms with Crippen LogP contribution in [-0.4, -0.2) is 33.5 Å². The largest absolute Gasteiger partial charge is 0.494 e. The van der Waals surface area contributed by atoms with Crippen molar-refractivity contribution < 1.29 is 9.53 Å². The fraction of sp³-hybridized carbons (Fsp3) is 0.400. The molecule has 1 aromatic heterocycles. The first kappa shape index (κ1) is 21.1. The van der Waals surface area contributed by atoms with Crippen LogP contribution in [0.3, 0.4) is 0 Å². The number of amides is 1. The summed E-state index contributed by atoms with van der Waals surface area (Å²) >= 11 is 0. The first-order valence-electron chi connectivity index (χ1n) is 11.1. The summed E-state index contributed by atoms with van der Waals surface area (Å²) in [6.07, 6.45) is 2.99. The topological polar surface area (TPSA) is 64.4 Å². The fourth-order valence-electron chi connectivity index (χ4n) is 4.19. The summed E-state index contributed by atoms with van der Waals surface area (Å²) in [6, 6.07) is 14.5. The number of nitrogens with zero attached hydrogens (tertiary/aromatic N) is 3. The van der Waals surface area contributed by atoms with Crippen molar-refractivity contribution >= 4 is 16.8 Å². The molecule has 0 bridgehead atoms. The summed E-state index contributed by atoms with van der Waals surface area (Å²) in [7, 11) is 0. The van der Waals surface area contributed by atoms with E-state index in [9.17, 15) is 9.59 Å². The Balaban J connectivity index is 1.85. The highest BCUT2D eigenvalue weighted by Crippen LogP contribution is 2.32. The molecular formula is C25H29N3O3. The third-order valence-electron chi connectivity index (χ3n) is 6.13. The second kappa shape index (κ2) is 8.92. The maximum atomic E-state index is 13.5. The monoisotopic (exact) mass is 419 g/mol. The average molecular weight is 420 g/mol. The minimum atomic E-state index is -0.332. The second-order valence-electron chi connectivity index (χ2n) is 7.98. The van der Waals surface area contributed by atoms with E-state index in [0.717, 1.165) is 25.0 Å². The molecular weight excluding hydrogens is 390 g/mol. The van der Waals surface area contributed by atoms with E-state index < -0.39 is 0 Å². The number of hydrogen-bond acceptors (Lipinski definition) is 4. The Morgan fingerprint density at radius 1 is 1.16 bits per heavy atom. The number of hydrogen-bond donors (Lipinski definition) is 0. The SMILES string of the molecule is CCOc1ccc(-n2c(C(C)N(CC)C(=O)C3CCC3)nc3ccccc3c2=O)cc1. The number of ether oxygens (including phenoxy) is 1. The zero-order valence-corrected chi connectivity index (χ0v) is 18.4. The van der Waals surface area contributed by atoms with Crippen LogP contribution in [0, 0.1) is 5.92 Å². The maximum absolute atomic E-state index is 13.5. The average Bonchev–Trinajstić information content (AvgIpc) is 2.74. The molecule has 3 aromatic rings. The van der Waals surface area contributed by atoms with Gasteiger partial charge >= 0.3 is 0 Å². The van der Waals surface area contributed by atoms with E-state index >= 15 is 0 Å². The van der Waals surface area contributed by atoms with Crippen molar-refractivity contribution in [2.24, 2.45) is 5.92 Å². The highest BCUT2D eigenvalue weighted by atomic mass is 16.5. The van der Waals surface area contributed by atoms with Crippen molar-refractivity contribution in [3.63, 3.8) is 0 Å². The summed E-state index contributed by atoms with van der Waals surface area (Å²) in [6.45, 7) is 7.02. The predicted octanol–water partition coefficient (Wildman–Crippen LogP) is 4.49. The molecule has 1 amide bonds. The lowest BCUT2D eigenvalue weighted by atomic mass is 9.84. The number of fused-ring (bicyclic) bond motifs is 1. The molecule has 31 heavy (non-hydrogen) atoms. The number of aromatic nitrogens is 2. The van der Waals surface area contributed by atoms with Gasteiger partial charge in [0.05, 0.1) is 29.2 Å². The van der Waals surface area contributed by atoms with Crippen molar-refractivity contribution in [1.82, 2.24) is 14.5 Å². The number of carbonyl (C=O) groups is 1. The van der Waals surface area contributed by atoms with Crippen LogP contribution in [0.15, 0.2) is 53.3 Å². The second-order valence-corrected chi connectivity index (χ2v) is 7.98. The van der Waals surface area contributed by atoms with Gasteiger partial charge in [-0.05, 0) is 70.0 Å². The van der Waals surface area contributed by atoms with Crippen LogP contribution in [0.1, 0.15) is 51.9 Å². The quantitative estimate of drug-likeness (QED) is 0.566. The van der Waals surface area contributed by atoms with Crippen LogP contribution in [-0.2, 0) is 4.79 Å². The molecule has 162 valence electrons. The predicted molar refractivity (Wildman–Crippen MR) is 122 cm³/mol. The lowest BCUT2D eigenvalue weighted by molar-refractivity contribution is -0.140. The Morgan fingerprint density at radius 2 is 1.87 bits per heavy atom. The Labute approximate surface area is 182 Å². The summed E-state index contributed by atoms with van der Waals surface area (Å²) in [4.78, 5) is 33.3. The molecule has 6 heteroatoms. The van der Waals surface area contributed by atoms with E-state index in [-0.39, 0.29) is 23.4 Å². The van der Waals surface area contributed by atoms with E-state index in [1.807, 2.05) is 68.1 Å². The van der Waals surface area contributed by atoms with Gasteiger partial charge in [-0.15, -0.1) is 0 Å². The van der Waals surface area contributed by atoms with Crippen molar-refractivity contribution in [3.05, 3.63) is 64.7 Å². The number of rotatable bonds is 7. The van der Waals surface area contributed by atoms with Crippen LogP contribution >= 0.6 is 0 Å². The van der Waals surface area contributed by atoms with Gasteiger partial charge in [0.2, 0.25) is 5.91 Å². The summed E-state index contributed by atoms with van der Waals surface area (Å²) in [5, 5.41) is 0.556. The molecule has 4 rings (SSSR count). The Morgan fingerprint density at radius 3 is 2.48 bits per heavy atom. The van der Waals surface area contributed by atoms with E-state index in [2.05, 4.69) is 0 Å². The Bertz CT molecular complexity index is 1130. The zero-order chi connectivity index (χ0) is 22.0. The van der Waals surface area contributed by atoms with Crippen LogP contribution in [0.5, 0.6) is 5.75 Å². The standard InChI is InChI=1S/C25H29N3O3/c1-4-27(24(29)18-9-8-10-18)17(3)23-26-22-12-7-6-11-21(22)25(30)28(23)19-13-15-20(16-14-19)31-5-2/h6-7,11-18H,4-5,8-10H2,1-3H3. The van der Waals surface area contributed by atoms with Gasteiger partial charge in [0.25, 0.3) is 5.56 Å². The van der Waals surface area contributed by atoms with Gasteiger partial charge in [-0.3, -0.25) is 14.2 Å². The first-order chi connectivity index (χ1) is 15.0. The molecule has 2 aromatic carbocycles. The van der Waals surface area contributed by atoms with E-state index in [1.54, 1.807) is 10.6 Å². The van der Waals surface area contributed by atoms with E-state index in [1.165, 1.54) is 0 Å². The molecule has 0 radical (unpaired) electrons. The molecule has 1 fully saturated rings. The van der Waals surface area contributed by atoms with Gasteiger partial charge in [0, 0.05) is 12.5 Å². The highest BCUT2D eigenvalue weighted by Gasteiger charge is 2.33.